The predicted octanol–water partition coefficient (Wildman–Crippen LogP) is 4.18. The Balaban J connectivity index is 1.90. The normalized spacial score (nSPS) is 11.1. The van der Waals surface area contributed by atoms with Crippen LogP contribution >= 0.6 is 11.3 Å². The van der Waals surface area contributed by atoms with Crippen molar-refractivity contribution >= 4 is 39.3 Å². The number of carboxylic acids is 1. The molecule has 2 N–H and O–H groups in total. The maximum atomic E-state index is 12.5. The highest BCUT2D eigenvalue weighted by atomic mass is 32.1. The number of rotatable bonds is 6. The zero-order valence-corrected chi connectivity index (χ0v) is 15.3. The monoisotopic (exact) mass is 374 g/mol. The number of ether oxygens (including phenoxy) is 1. The molecule has 2 heterocycles. The molecule has 136 valence electrons. The molecule has 1 amide bonds. The van der Waals surface area contributed by atoms with Gasteiger partial charge in [0.15, 0.2) is 5.13 Å². The topological polar surface area (TPSA) is 102 Å². The van der Waals surface area contributed by atoms with Crippen molar-refractivity contribution < 1.29 is 23.8 Å². The Bertz CT molecular complexity index is 973. The van der Waals surface area contributed by atoms with Crippen LogP contribution in [0.25, 0.3) is 11.0 Å². The number of hydrogen-bond acceptors (Lipinski definition) is 6. The first kappa shape index (κ1) is 17.9. The van der Waals surface area contributed by atoms with E-state index in [1.54, 1.807) is 12.1 Å². The zero-order valence-electron chi connectivity index (χ0n) is 14.5. The maximum absolute atomic E-state index is 12.5. The first-order chi connectivity index (χ1) is 12.3. The number of aromatic nitrogens is 1. The molecule has 0 bridgehead atoms. The van der Waals surface area contributed by atoms with Crippen molar-refractivity contribution in [3.63, 3.8) is 0 Å². The maximum Gasteiger partial charge on any atom is 0.347 e. The van der Waals surface area contributed by atoms with Gasteiger partial charge < -0.3 is 14.3 Å². The van der Waals surface area contributed by atoms with E-state index < -0.39 is 11.9 Å². The van der Waals surface area contributed by atoms with Gasteiger partial charge in [0.25, 0.3) is 5.91 Å². The van der Waals surface area contributed by atoms with Gasteiger partial charge >= 0.3 is 5.97 Å². The summed E-state index contributed by atoms with van der Waals surface area (Å²) >= 11 is 0.893. The number of fused-ring (bicyclic) bond motifs is 1. The standard InChI is InChI=1S/C18H18N2O5S/c1-9(2)8-24-13-5-11(6-14-12(13)4-10(3)25-14)16(21)20-18-19-7-15(26-18)17(22)23/h4-7,9H,8H2,1-3H3,(H,22,23)(H,19,20,21). The van der Waals surface area contributed by atoms with Crippen LogP contribution in [0.15, 0.2) is 28.8 Å². The Labute approximate surface area is 153 Å². The number of carbonyl (C=O) groups is 2. The van der Waals surface area contributed by atoms with Gasteiger partial charge in [-0.3, -0.25) is 10.1 Å². The fourth-order valence-corrected chi connectivity index (χ4v) is 2.99. The lowest BCUT2D eigenvalue weighted by molar-refractivity contribution is 0.0701. The Kier molecular flexibility index (Phi) is 4.94. The van der Waals surface area contributed by atoms with Crippen LogP contribution in [-0.4, -0.2) is 28.6 Å². The van der Waals surface area contributed by atoms with Crippen LogP contribution in [0.1, 0.15) is 39.6 Å². The molecule has 8 heteroatoms. The molecular formula is C18H18N2O5S. The van der Waals surface area contributed by atoms with E-state index in [1.165, 1.54) is 6.20 Å². The largest absolute Gasteiger partial charge is 0.493 e. The SMILES string of the molecule is Cc1cc2c(OCC(C)C)cc(C(=O)Nc3ncc(C(=O)O)s3)cc2o1. The van der Waals surface area contributed by atoms with Crippen LogP contribution < -0.4 is 10.1 Å². The van der Waals surface area contributed by atoms with E-state index in [0.29, 0.717) is 29.4 Å². The highest BCUT2D eigenvalue weighted by Gasteiger charge is 2.17. The van der Waals surface area contributed by atoms with E-state index in [0.717, 1.165) is 22.5 Å². The van der Waals surface area contributed by atoms with Gasteiger partial charge in [-0.15, -0.1) is 0 Å². The molecule has 7 nitrogen and oxygen atoms in total. The molecule has 0 atom stereocenters. The van der Waals surface area contributed by atoms with Crippen molar-refractivity contribution in [2.45, 2.75) is 20.8 Å². The summed E-state index contributed by atoms with van der Waals surface area (Å²) in [7, 11) is 0. The lowest BCUT2D eigenvalue weighted by Gasteiger charge is -2.11. The first-order valence-corrected chi connectivity index (χ1v) is 8.82. The number of benzene rings is 1. The van der Waals surface area contributed by atoms with E-state index >= 15 is 0 Å². The van der Waals surface area contributed by atoms with Crippen molar-refractivity contribution in [1.82, 2.24) is 4.98 Å². The third kappa shape index (κ3) is 3.85. The van der Waals surface area contributed by atoms with Gasteiger partial charge in [-0.25, -0.2) is 9.78 Å². The Hall–Kier alpha value is -2.87. The molecule has 0 aliphatic carbocycles. The van der Waals surface area contributed by atoms with E-state index in [9.17, 15) is 9.59 Å². The van der Waals surface area contributed by atoms with Crippen LogP contribution in [-0.2, 0) is 0 Å². The van der Waals surface area contributed by atoms with Crippen LogP contribution in [0.2, 0.25) is 0 Å². The highest BCUT2D eigenvalue weighted by Crippen LogP contribution is 2.31. The molecule has 2 aromatic heterocycles. The molecule has 0 aliphatic rings. The van der Waals surface area contributed by atoms with Gasteiger partial charge in [0.1, 0.15) is 22.0 Å². The number of aromatic carboxylic acids is 1. The molecule has 26 heavy (non-hydrogen) atoms. The fourth-order valence-electron chi connectivity index (χ4n) is 2.34. The third-order valence-corrected chi connectivity index (χ3v) is 4.39. The highest BCUT2D eigenvalue weighted by molar-refractivity contribution is 7.17. The molecule has 0 radical (unpaired) electrons. The van der Waals surface area contributed by atoms with E-state index in [4.69, 9.17) is 14.3 Å². The Morgan fingerprint density at radius 2 is 2.12 bits per heavy atom. The fraction of sp³-hybridized carbons (Fsp3) is 0.278. The number of anilines is 1. The van der Waals surface area contributed by atoms with Gasteiger partial charge in [-0.1, -0.05) is 25.2 Å². The predicted molar refractivity (Wildman–Crippen MR) is 98.3 cm³/mol. The van der Waals surface area contributed by atoms with Crippen LogP contribution in [0.5, 0.6) is 5.75 Å². The van der Waals surface area contributed by atoms with Crippen molar-refractivity contribution in [3.05, 3.63) is 40.6 Å². The summed E-state index contributed by atoms with van der Waals surface area (Å²) in [6.45, 7) is 6.42. The average Bonchev–Trinajstić information content (AvgIpc) is 3.17. The first-order valence-electron chi connectivity index (χ1n) is 8.01. The summed E-state index contributed by atoms with van der Waals surface area (Å²) in [5.41, 5.74) is 0.900. The molecule has 3 rings (SSSR count). The number of nitrogens with one attached hydrogen (secondary N) is 1. The average molecular weight is 374 g/mol. The van der Waals surface area contributed by atoms with E-state index in [2.05, 4.69) is 10.3 Å². The molecule has 3 aromatic rings. The molecule has 1 aromatic carbocycles. The van der Waals surface area contributed by atoms with Gasteiger partial charge in [0.05, 0.1) is 18.2 Å². The number of carbonyl (C=O) groups excluding carboxylic acids is 1. The van der Waals surface area contributed by atoms with Gasteiger partial charge in [0, 0.05) is 5.56 Å². The van der Waals surface area contributed by atoms with Crippen molar-refractivity contribution in [3.8, 4) is 5.75 Å². The summed E-state index contributed by atoms with van der Waals surface area (Å²) in [5.74, 6) is 0.128. The van der Waals surface area contributed by atoms with Gasteiger partial charge in [-0.2, -0.15) is 0 Å². The number of thiazole rings is 1. The number of aryl methyl sites for hydroxylation is 1. The van der Waals surface area contributed by atoms with Crippen LogP contribution in [0, 0.1) is 12.8 Å². The lowest BCUT2D eigenvalue weighted by atomic mass is 10.1. The minimum absolute atomic E-state index is 0.0540. The second-order valence-corrected chi connectivity index (χ2v) is 7.27. The Morgan fingerprint density at radius 3 is 2.77 bits per heavy atom. The molecule has 0 saturated heterocycles. The molecule has 0 fully saturated rings. The minimum atomic E-state index is -1.08. The number of hydrogen-bond donors (Lipinski definition) is 2. The van der Waals surface area contributed by atoms with Gasteiger partial charge in [0.2, 0.25) is 0 Å². The summed E-state index contributed by atoms with van der Waals surface area (Å²) < 4.78 is 11.5. The van der Waals surface area contributed by atoms with Crippen LogP contribution in [0.4, 0.5) is 5.13 Å². The minimum Gasteiger partial charge on any atom is -0.493 e. The molecule has 0 saturated carbocycles. The number of carboxylic acid groups (broad SMARTS) is 1. The smallest absolute Gasteiger partial charge is 0.347 e. The number of amides is 1. The molecule has 0 aliphatic heterocycles. The van der Waals surface area contributed by atoms with Crippen molar-refractivity contribution in [2.24, 2.45) is 5.92 Å². The van der Waals surface area contributed by atoms with Crippen LogP contribution in [0.3, 0.4) is 0 Å². The summed E-state index contributed by atoms with van der Waals surface area (Å²) in [4.78, 5) is 27.4. The van der Waals surface area contributed by atoms with E-state index in [-0.39, 0.29) is 10.0 Å². The van der Waals surface area contributed by atoms with E-state index in [1.807, 2.05) is 26.8 Å². The van der Waals surface area contributed by atoms with Crippen molar-refractivity contribution in [1.29, 1.82) is 0 Å². The quantitative estimate of drug-likeness (QED) is 0.671. The molecule has 0 spiro atoms. The number of nitrogens with zero attached hydrogens (tertiary/aromatic N) is 1. The third-order valence-electron chi connectivity index (χ3n) is 3.49. The lowest BCUT2D eigenvalue weighted by Crippen LogP contribution is -2.12. The van der Waals surface area contributed by atoms with Crippen molar-refractivity contribution in [2.75, 3.05) is 11.9 Å². The molecular weight excluding hydrogens is 356 g/mol. The zero-order chi connectivity index (χ0) is 18.8. The second kappa shape index (κ2) is 7.17. The summed E-state index contributed by atoms with van der Waals surface area (Å²) in [5, 5.41) is 12.6. The van der Waals surface area contributed by atoms with Gasteiger partial charge in [-0.05, 0) is 31.0 Å². The second-order valence-electron chi connectivity index (χ2n) is 6.24. The Morgan fingerprint density at radius 1 is 1.35 bits per heavy atom. The summed E-state index contributed by atoms with van der Waals surface area (Å²) in [6.07, 6.45) is 1.21. The summed E-state index contributed by atoms with van der Waals surface area (Å²) in [6, 6.07) is 5.15. The molecule has 0 unspecified atom stereocenters. The number of furan rings is 1.